The van der Waals surface area contributed by atoms with Crippen LogP contribution in [0.3, 0.4) is 0 Å². The van der Waals surface area contributed by atoms with Gasteiger partial charge in [-0.1, -0.05) is 37.1 Å². The molecule has 6 nitrogen and oxygen atoms in total. The number of benzene rings is 1. The van der Waals surface area contributed by atoms with Crippen molar-refractivity contribution in [3.63, 3.8) is 0 Å². The highest BCUT2D eigenvalue weighted by atomic mass is 15.0. The molecule has 3 aromatic rings. The highest BCUT2D eigenvalue weighted by molar-refractivity contribution is 5.85. The van der Waals surface area contributed by atoms with E-state index in [9.17, 15) is 0 Å². The number of H-pyrrole nitrogens is 2. The highest BCUT2D eigenvalue weighted by Crippen LogP contribution is 2.60. The quantitative estimate of drug-likeness (QED) is 0.292. The number of aromatic amines is 2. The number of imidazole rings is 2. The number of hydrogen-bond acceptors (Lipinski definition) is 4. The van der Waals surface area contributed by atoms with E-state index < -0.39 is 0 Å². The molecule has 4 N–H and O–H groups in total. The van der Waals surface area contributed by atoms with Gasteiger partial charge in [-0.25, -0.2) is 9.97 Å². The van der Waals surface area contributed by atoms with Crippen molar-refractivity contribution >= 4 is 11.1 Å². The SMILES string of the molecule is c1cc(-c2cnc(C3CCCN3)[nH]2)ccc1C1=C2CC3(CCCC3)CC2=C(c2cnc(C3CCCN3)[nH]2)CC1. The minimum Gasteiger partial charge on any atom is -0.341 e. The van der Waals surface area contributed by atoms with Gasteiger partial charge >= 0.3 is 0 Å². The summed E-state index contributed by atoms with van der Waals surface area (Å²) in [6.07, 6.45) is 19.2. The molecule has 6 heteroatoms. The first kappa shape index (κ1) is 23.9. The van der Waals surface area contributed by atoms with E-state index in [4.69, 9.17) is 4.98 Å². The Kier molecular flexibility index (Phi) is 5.88. The average Bonchev–Trinajstić information content (AvgIpc) is 3.81. The van der Waals surface area contributed by atoms with Crippen molar-refractivity contribution in [2.75, 3.05) is 13.1 Å². The molecule has 2 aliphatic heterocycles. The Morgan fingerprint density at radius 1 is 0.615 bits per heavy atom. The number of allylic oxidation sites excluding steroid dienone is 4. The Morgan fingerprint density at radius 3 is 1.82 bits per heavy atom. The number of fused-ring (bicyclic) bond motifs is 1. The van der Waals surface area contributed by atoms with Crippen LogP contribution in [0.25, 0.3) is 22.4 Å². The molecule has 4 heterocycles. The Balaban J connectivity index is 1.12. The van der Waals surface area contributed by atoms with Gasteiger partial charge in [0.2, 0.25) is 0 Å². The molecular formula is C33H40N6. The lowest BCUT2D eigenvalue weighted by atomic mass is 9.83. The van der Waals surface area contributed by atoms with Gasteiger partial charge in [0, 0.05) is 0 Å². The van der Waals surface area contributed by atoms with Crippen molar-refractivity contribution in [1.82, 2.24) is 30.6 Å². The fourth-order valence-corrected chi connectivity index (χ4v) is 8.26. The number of rotatable bonds is 5. The number of aromatic nitrogens is 4. The standard InChI is InChI=1S/C33H40N6/c1-2-14-33(13-1)17-25-23(11-12-24(26(25)18-33)30-20-37-32(39-30)28-6-4-16-35-28)21-7-9-22(10-8-21)29-19-36-31(38-29)27-5-3-15-34-27/h7-10,19-20,27-28,34-35H,1-6,11-18H2,(H,36,38)(H,37,39). The van der Waals surface area contributed by atoms with E-state index in [0.29, 0.717) is 17.5 Å². The minimum atomic E-state index is 0.372. The number of hydrogen-bond donors (Lipinski definition) is 4. The normalized spacial score (nSPS) is 26.4. The Hall–Kier alpha value is -2.96. The van der Waals surface area contributed by atoms with Crippen molar-refractivity contribution < 1.29 is 0 Å². The molecule has 2 atom stereocenters. The van der Waals surface area contributed by atoms with Crippen LogP contribution < -0.4 is 10.6 Å². The summed E-state index contributed by atoms with van der Waals surface area (Å²) in [6.45, 7) is 2.19. The van der Waals surface area contributed by atoms with E-state index in [1.807, 2.05) is 6.20 Å². The van der Waals surface area contributed by atoms with Crippen molar-refractivity contribution in [2.45, 2.75) is 89.1 Å². The molecule has 0 bridgehead atoms. The molecule has 2 saturated heterocycles. The molecule has 2 saturated carbocycles. The fourth-order valence-electron chi connectivity index (χ4n) is 8.26. The Morgan fingerprint density at radius 2 is 1.18 bits per heavy atom. The van der Waals surface area contributed by atoms with E-state index in [-0.39, 0.29) is 0 Å². The summed E-state index contributed by atoms with van der Waals surface area (Å²) in [4.78, 5) is 16.9. The van der Waals surface area contributed by atoms with Crippen LogP contribution in [0.5, 0.6) is 0 Å². The minimum absolute atomic E-state index is 0.372. The largest absolute Gasteiger partial charge is 0.341 e. The van der Waals surface area contributed by atoms with Crippen molar-refractivity contribution in [3.05, 3.63) is 70.7 Å². The zero-order valence-electron chi connectivity index (χ0n) is 22.9. The van der Waals surface area contributed by atoms with Crippen LogP contribution in [0.1, 0.15) is 112 Å². The van der Waals surface area contributed by atoms with Gasteiger partial charge in [0.15, 0.2) is 0 Å². The predicted octanol–water partition coefficient (Wildman–Crippen LogP) is 7.00. The van der Waals surface area contributed by atoms with Crippen molar-refractivity contribution in [2.24, 2.45) is 5.41 Å². The maximum atomic E-state index is 4.84. The summed E-state index contributed by atoms with van der Waals surface area (Å²) in [6, 6.07) is 10.1. The molecular weight excluding hydrogens is 480 g/mol. The molecule has 1 aromatic carbocycles. The first-order valence-corrected chi connectivity index (χ1v) is 15.4. The van der Waals surface area contributed by atoms with E-state index in [2.05, 4.69) is 56.0 Å². The molecule has 8 rings (SSSR count). The van der Waals surface area contributed by atoms with E-state index in [1.165, 1.54) is 86.6 Å². The predicted molar refractivity (Wildman–Crippen MR) is 156 cm³/mol. The summed E-state index contributed by atoms with van der Waals surface area (Å²) >= 11 is 0. The van der Waals surface area contributed by atoms with E-state index in [0.717, 1.165) is 43.3 Å². The van der Waals surface area contributed by atoms with Gasteiger partial charge < -0.3 is 20.6 Å². The molecule has 5 aliphatic rings. The summed E-state index contributed by atoms with van der Waals surface area (Å²) in [7, 11) is 0. The first-order valence-electron chi connectivity index (χ1n) is 15.4. The highest BCUT2D eigenvalue weighted by Gasteiger charge is 2.44. The Labute approximate surface area is 231 Å². The maximum absolute atomic E-state index is 4.84. The second-order valence-electron chi connectivity index (χ2n) is 12.7. The van der Waals surface area contributed by atoms with Crippen LogP contribution in [0.2, 0.25) is 0 Å². The van der Waals surface area contributed by atoms with Crippen LogP contribution in [-0.4, -0.2) is 33.0 Å². The van der Waals surface area contributed by atoms with Crippen molar-refractivity contribution in [3.8, 4) is 11.3 Å². The zero-order valence-corrected chi connectivity index (χ0v) is 22.9. The van der Waals surface area contributed by atoms with Gasteiger partial charge in [-0.2, -0.15) is 0 Å². The lowest BCUT2D eigenvalue weighted by molar-refractivity contribution is 0.326. The molecule has 2 unspecified atom stereocenters. The summed E-state index contributed by atoms with van der Waals surface area (Å²) in [5.41, 5.74) is 11.9. The summed E-state index contributed by atoms with van der Waals surface area (Å²) in [5, 5.41) is 7.16. The second-order valence-corrected chi connectivity index (χ2v) is 12.7. The average molecular weight is 521 g/mol. The fraction of sp³-hybridized carbons (Fsp3) is 0.515. The first-order chi connectivity index (χ1) is 19.2. The third-order valence-corrected chi connectivity index (χ3v) is 10.3. The molecule has 2 aromatic heterocycles. The lowest BCUT2D eigenvalue weighted by Crippen LogP contribution is -2.14. The van der Waals surface area contributed by atoms with Crippen LogP contribution in [-0.2, 0) is 0 Å². The third kappa shape index (κ3) is 4.23. The smallest absolute Gasteiger partial charge is 0.123 e. The van der Waals surface area contributed by atoms with Gasteiger partial charge in [0.1, 0.15) is 11.6 Å². The van der Waals surface area contributed by atoms with Crippen LogP contribution >= 0.6 is 0 Å². The van der Waals surface area contributed by atoms with Crippen LogP contribution in [0, 0.1) is 5.41 Å². The van der Waals surface area contributed by atoms with Crippen molar-refractivity contribution in [1.29, 1.82) is 0 Å². The van der Waals surface area contributed by atoms with Gasteiger partial charge in [-0.05, 0) is 116 Å². The lowest BCUT2D eigenvalue weighted by Gasteiger charge is -2.22. The monoisotopic (exact) mass is 520 g/mol. The van der Waals surface area contributed by atoms with Gasteiger partial charge in [0.05, 0.1) is 35.9 Å². The number of nitrogens with one attached hydrogen (secondary N) is 4. The topological polar surface area (TPSA) is 81.4 Å². The molecule has 0 radical (unpaired) electrons. The molecule has 0 amide bonds. The third-order valence-electron chi connectivity index (χ3n) is 10.3. The maximum Gasteiger partial charge on any atom is 0.123 e. The molecule has 202 valence electrons. The van der Waals surface area contributed by atoms with Gasteiger partial charge in [-0.15, -0.1) is 0 Å². The van der Waals surface area contributed by atoms with Gasteiger partial charge in [-0.3, -0.25) is 0 Å². The molecule has 3 aliphatic carbocycles. The second kappa shape index (κ2) is 9.60. The van der Waals surface area contributed by atoms with Gasteiger partial charge in [0.25, 0.3) is 0 Å². The zero-order chi connectivity index (χ0) is 25.8. The summed E-state index contributed by atoms with van der Waals surface area (Å²) in [5.74, 6) is 2.20. The molecule has 39 heavy (non-hydrogen) atoms. The molecule has 4 fully saturated rings. The Bertz CT molecular complexity index is 1420. The molecule has 1 spiro atoms. The summed E-state index contributed by atoms with van der Waals surface area (Å²) < 4.78 is 0. The van der Waals surface area contributed by atoms with E-state index in [1.54, 1.807) is 16.7 Å². The van der Waals surface area contributed by atoms with E-state index >= 15 is 0 Å². The van der Waals surface area contributed by atoms with Crippen LogP contribution in [0.4, 0.5) is 0 Å². The van der Waals surface area contributed by atoms with Crippen LogP contribution in [0.15, 0.2) is 47.8 Å². The number of nitrogens with zero attached hydrogens (tertiary/aromatic N) is 2.